The monoisotopic (exact) mass is 283 g/mol. The van der Waals surface area contributed by atoms with E-state index < -0.39 is 0 Å². The largest absolute Gasteiger partial charge is 0.355 e. The number of rotatable bonds is 4. The van der Waals surface area contributed by atoms with Crippen molar-refractivity contribution in [2.45, 2.75) is 19.9 Å². The third-order valence-electron chi connectivity index (χ3n) is 3.52. The molecule has 0 bridgehead atoms. The topological polar surface area (TPSA) is 55.5 Å². The predicted octanol–water partition coefficient (Wildman–Crippen LogP) is 1.78. The summed E-state index contributed by atoms with van der Waals surface area (Å²) in [5, 5.41) is 2.81. The van der Waals surface area contributed by atoms with Gasteiger partial charge in [0.25, 0.3) is 5.56 Å². The number of nitrogens with zero attached hydrogens (tertiary/aromatic N) is 2. The van der Waals surface area contributed by atoms with Gasteiger partial charge in [0.2, 0.25) is 5.91 Å². The van der Waals surface area contributed by atoms with Gasteiger partial charge in [0.05, 0.1) is 11.0 Å². The molecule has 21 heavy (non-hydrogen) atoms. The zero-order chi connectivity index (χ0) is 14.8. The van der Waals surface area contributed by atoms with Crippen molar-refractivity contribution >= 4 is 22.5 Å². The number of para-hydroxylation sites is 2. The van der Waals surface area contributed by atoms with E-state index in [1.165, 1.54) is 4.57 Å². The second-order valence-corrected chi connectivity index (χ2v) is 4.99. The summed E-state index contributed by atoms with van der Waals surface area (Å²) in [6, 6.07) is 11.2. The van der Waals surface area contributed by atoms with E-state index in [9.17, 15) is 9.59 Å². The van der Waals surface area contributed by atoms with Crippen LogP contribution in [0.4, 0.5) is 0 Å². The number of hydrogen-bond donors (Lipinski definition) is 1. The highest BCUT2D eigenvalue weighted by Crippen LogP contribution is 2.14. The van der Waals surface area contributed by atoms with Gasteiger partial charge in [0.15, 0.2) is 0 Å². The third-order valence-corrected chi connectivity index (χ3v) is 3.52. The molecule has 2 heterocycles. The van der Waals surface area contributed by atoms with Crippen LogP contribution in [0.1, 0.15) is 13.3 Å². The lowest BCUT2D eigenvalue weighted by molar-refractivity contribution is -0.121. The van der Waals surface area contributed by atoms with Crippen LogP contribution in [0.5, 0.6) is 0 Å². The molecule has 3 rings (SSSR count). The van der Waals surface area contributed by atoms with Gasteiger partial charge in [-0.1, -0.05) is 19.1 Å². The Balaban J connectivity index is 2.17. The van der Waals surface area contributed by atoms with Crippen molar-refractivity contribution in [3.05, 3.63) is 52.9 Å². The second-order valence-electron chi connectivity index (χ2n) is 4.99. The lowest BCUT2D eigenvalue weighted by Crippen LogP contribution is -2.33. The molecular weight excluding hydrogens is 266 g/mol. The number of hydrogen-bond acceptors (Lipinski definition) is 2. The minimum Gasteiger partial charge on any atom is -0.355 e. The summed E-state index contributed by atoms with van der Waals surface area (Å²) < 4.78 is 3.40. The van der Waals surface area contributed by atoms with Crippen LogP contribution in [-0.4, -0.2) is 21.4 Å². The number of carbonyl (C=O) groups is 1. The van der Waals surface area contributed by atoms with Gasteiger partial charge < -0.3 is 9.72 Å². The molecule has 1 N–H and O–H groups in total. The molecule has 0 radical (unpaired) electrons. The summed E-state index contributed by atoms with van der Waals surface area (Å²) in [5.41, 5.74) is 2.11. The van der Waals surface area contributed by atoms with Gasteiger partial charge in [0.1, 0.15) is 12.1 Å². The molecule has 0 atom stereocenters. The number of carbonyl (C=O) groups excluding carboxylic acids is 1. The molecule has 0 aliphatic heterocycles. The lowest BCUT2D eigenvalue weighted by atomic mass is 10.2. The zero-order valence-corrected chi connectivity index (χ0v) is 11.9. The van der Waals surface area contributed by atoms with Crippen LogP contribution in [0, 0.1) is 0 Å². The molecule has 5 nitrogen and oxygen atoms in total. The molecule has 0 saturated carbocycles. The minimum atomic E-state index is -0.148. The summed E-state index contributed by atoms with van der Waals surface area (Å²) in [6.07, 6.45) is 2.74. The average molecular weight is 283 g/mol. The highest BCUT2D eigenvalue weighted by molar-refractivity contribution is 5.82. The van der Waals surface area contributed by atoms with E-state index in [1.54, 1.807) is 6.07 Å². The summed E-state index contributed by atoms with van der Waals surface area (Å²) in [4.78, 5) is 24.5. The third kappa shape index (κ3) is 2.31. The van der Waals surface area contributed by atoms with E-state index in [0.29, 0.717) is 12.1 Å². The Labute approximate surface area is 121 Å². The minimum absolute atomic E-state index is 0.0427. The van der Waals surface area contributed by atoms with E-state index in [2.05, 4.69) is 5.32 Å². The van der Waals surface area contributed by atoms with Crippen molar-refractivity contribution in [3.8, 4) is 0 Å². The van der Waals surface area contributed by atoms with E-state index in [0.717, 1.165) is 17.5 Å². The summed E-state index contributed by atoms with van der Waals surface area (Å²) in [7, 11) is 0. The second kappa shape index (κ2) is 5.44. The number of aromatic nitrogens is 2. The molecule has 1 amide bonds. The van der Waals surface area contributed by atoms with E-state index in [1.807, 2.05) is 47.9 Å². The van der Waals surface area contributed by atoms with Gasteiger partial charge in [0, 0.05) is 12.7 Å². The van der Waals surface area contributed by atoms with E-state index in [4.69, 9.17) is 0 Å². The Hall–Kier alpha value is -2.56. The predicted molar refractivity (Wildman–Crippen MR) is 82.5 cm³/mol. The maximum atomic E-state index is 12.6. The Kier molecular flexibility index (Phi) is 3.48. The Morgan fingerprint density at radius 1 is 1.10 bits per heavy atom. The standard InChI is InChI=1S/C16H17N3O2/c1-2-9-17-15(20)11-19-13-7-4-3-6-12(13)18-10-5-8-14(18)16(19)21/h3-8,10H,2,9,11H2,1H3,(H,17,20). The van der Waals surface area contributed by atoms with E-state index in [-0.39, 0.29) is 18.0 Å². The number of nitrogens with one attached hydrogen (secondary N) is 1. The van der Waals surface area contributed by atoms with Crippen molar-refractivity contribution in [2.24, 2.45) is 0 Å². The molecule has 0 unspecified atom stereocenters. The fourth-order valence-corrected chi connectivity index (χ4v) is 2.53. The number of benzene rings is 1. The molecule has 3 aromatic rings. The number of fused-ring (bicyclic) bond motifs is 3. The molecule has 2 aromatic heterocycles. The lowest BCUT2D eigenvalue weighted by Gasteiger charge is -2.12. The first-order valence-electron chi connectivity index (χ1n) is 7.07. The first kappa shape index (κ1) is 13.4. The van der Waals surface area contributed by atoms with Crippen molar-refractivity contribution in [1.82, 2.24) is 14.3 Å². The number of amides is 1. The van der Waals surface area contributed by atoms with Crippen LogP contribution in [-0.2, 0) is 11.3 Å². The van der Waals surface area contributed by atoms with Crippen LogP contribution in [0.25, 0.3) is 16.6 Å². The molecule has 0 saturated heterocycles. The molecule has 0 spiro atoms. The van der Waals surface area contributed by atoms with Crippen molar-refractivity contribution < 1.29 is 4.79 Å². The molecule has 5 heteroatoms. The average Bonchev–Trinajstić information content (AvgIpc) is 2.99. The molecule has 0 aliphatic rings. The van der Waals surface area contributed by atoms with Gasteiger partial charge in [-0.3, -0.25) is 14.2 Å². The molecule has 0 fully saturated rings. The fourth-order valence-electron chi connectivity index (χ4n) is 2.53. The first-order chi connectivity index (χ1) is 10.2. The Bertz CT molecular complexity index is 861. The van der Waals surface area contributed by atoms with Crippen molar-refractivity contribution in [3.63, 3.8) is 0 Å². The summed E-state index contributed by atoms with van der Waals surface area (Å²) >= 11 is 0. The van der Waals surface area contributed by atoms with Gasteiger partial charge in [-0.15, -0.1) is 0 Å². The normalized spacial score (nSPS) is 11.1. The maximum Gasteiger partial charge on any atom is 0.275 e. The van der Waals surface area contributed by atoms with Crippen molar-refractivity contribution in [1.29, 1.82) is 0 Å². The van der Waals surface area contributed by atoms with Crippen LogP contribution in [0.15, 0.2) is 47.4 Å². The molecular formula is C16H17N3O2. The maximum absolute atomic E-state index is 12.6. The Morgan fingerprint density at radius 2 is 1.81 bits per heavy atom. The summed E-state index contributed by atoms with van der Waals surface area (Å²) in [5.74, 6) is -0.139. The van der Waals surface area contributed by atoms with Gasteiger partial charge in [-0.2, -0.15) is 0 Å². The Morgan fingerprint density at radius 3 is 2.57 bits per heavy atom. The van der Waals surface area contributed by atoms with Crippen LogP contribution < -0.4 is 10.9 Å². The van der Waals surface area contributed by atoms with E-state index >= 15 is 0 Å². The SMILES string of the molecule is CCCNC(=O)Cn1c(=O)c2cccn2c2ccccc21. The van der Waals surface area contributed by atoms with Gasteiger partial charge in [-0.25, -0.2) is 0 Å². The highest BCUT2D eigenvalue weighted by Gasteiger charge is 2.12. The molecule has 1 aromatic carbocycles. The quantitative estimate of drug-likeness (QED) is 0.793. The molecule has 0 aliphatic carbocycles. The molecule has 108 valence electrons. The zero-order valence-electron chi connectivity index (χ0n) is 11.9. The van der Waals surface area contributed by atoms with Crippen molar-refractivity contribution in [2.75, 3.05) is 6.54 Å². The smallest absolute Gasteiger partial charge is 0.275 e. The van der Waals surface area contributed by atoms with Crippen LogP contribution >= 0.6 is 0 Å². The first-order valence-corrected chi connectivity index (χ1v) is 7.07. The van der Waals surface area contributed by atoms with Gasteiger partial charge in [-0.05, 0) is 30.7 Å². The van der Waals surface area contributed by atoms with Crippen LogP contribution in [0.3, 0.4) is 0 Å². The van der Waals surface area contributed by atoms with Gasteiger partial charge >= 0.3 is 0 Å². The summed E-state index contributed by atoms with van der Waals surface area (Å²) in [6.45, 7) is 2.66. The van der Waals surface area contributed by atoms with Crippen LogP contribution in [0.2, 0.25) is 0 Å². The fraction of sp³-hybridized carbons (Fsp3) is 0.250. The highest BCUT2D eigenvalue weighted by atomic mass is 16.2.